The first-order chi connectivity index (χ1) is 28.2. The topological polar surface area (TPSA) is 0 Å². The molecule has 0 saturated carbocycles. The first-order valence-corrected chi connectivity index (χ1v) is 20.5. The lowest BCUT2D eigenvalue weighted by molar-refractivity contribution is 0.490. The van der Waals surface area contributed by atoms with E-state index in [-0.39, 0.29) is 5.41 Å². The Balaban J connectivity index is 0.943. The number of hydrogen-bond donors (Lipinski definition) is 0. The van der Waals surface area contributed by atoms with Gasteiger partial charge in [0.1, 0.15) is 0 Å². The first-order valence-electron chi connectivity index (χ1n) is 20.5. The third-order valence-corrected chi connectivity index (χ3v) is 13.2. The summed E-state index contributed by atoms with van der Waals surface area (Å²) in [6.45, 7) is 4.69. The highest BCUT2D eigenvalue weighted by molar-refractivity contribution is 6.23. The molecule has 0 N–H and O–H groups in total. The molecule has 0 heterocycles. The van der Waals surface area contributed by atoms with E-state index < -0.39 is 0 Å². The summed E-state index contributed by atoms with van der Waals surface area (Å²) in [5, 5.41) is 2.64. The summed E-state index contributed by atoms with van der Waals surface area (Å²) < 4.78 is 0. The SMILES string of the molecule is CCC1(CC)c2ccccc2-c2ccc(-c3ccc(-c4ccc(-c5ccc6c7c(cccc57)-c5c(-c7ccccc7)ccc(-c7ccccc7)c5-6)cc4)cc3)cc21. The quantitative estimate of drug-likeness (QED) is 0.153. The third-order valence-electron chi connectivity index (χ3n) is 13.2. The summed E-state index contributed by atoms with van der Waals surface area (Å²) in [4.78, 5) is 0. The Bertz CT molecular complexity index is 2910. The van der Waals surface area contributed by atoms with E-state index in [0.29, 0.717) is 0 Å². The molecule has 0 unspecified atom stereocenters. The Hall–Kier alpha value is -6.76. The second-order valence-electron chi connectivity index (χ2n) is 15.8. The van der Waals surface area contributed by atoms with Crippen LogP contribution in [0.15, 0.2) is 194 Å². The molecule has 11 rings (SSSR count). The van der Waals surface area contributed by atoms with Gasteiger partial charge >= 0.3 is 0 Å². The van der Waals surface area contributed by atoms with E-state index in [4.69, 9.17) is 0 Å². The van der Waals surface area contributed by atoms with Crippen molar-refractivity contribution in [2.75, 3.05) is 0 Å². The van der Waals surface area contributed by atoms with Gasteiger partial charge in [-0.2, -0.15) is 0 Å². The van der Waals surface area contributed by atoms with Crippen molar-refractivity contribution in [3.05, 3.63) is 205 Å². The maximum absolute atomic E-state index is 2.47. The number of fused-ring (bicyclic) bond motifs is 6. The molecule has 2 aliphatic carbocycles. The van der Waals surface area contributed by atoms with Crippen LogP contribution in [0.5, 0.6) is 0 Å². The minimum atomic E-state index is 0.0781. The van der Waals surface area contributed by atoms with E-state index in [1.165, 1.54) is 111 Å². The van der Waals surface area contributed by atoms with Crippen molar-refractivity contribution < 1.29 is 0 Å². The normalized spacial score (nSPS) is 13.0. The fraction of sp³-hybridized carbons (Fsp3) is 0.0877. The Morgan fingerprint density at radius 1 is 0.298 bits per heavy atom. The Morgan fingerprint density at radius 3 is 1.33 bits per heavy atom. The molecule has 0 heteroatoms. The molecule has 0 bridgehead atoms. The average Bonchev–Trinajstić information content (AvgIpc) is 3.78. The van der Waals surface area contributed by atoms with Gasteiger partial charge in [-0.25, -0.2) is 0 Å². The molecular formula is C57H42. The van der Waals surface area contributed by atoms with Gasteiger partial charge < -0.3 is 0 Å². The highest BCUT2D eigenvalue weighted by Gasteiger charge is 2.40. The standard InChI is InChI=1S/C57H42/c1-3-57(4-2)52-21-12-11-18-47(52)48-31-30-43(36-53(48)57)39-24-22-37(23-25-39)38-26-28-42(29-27-38)44-32-35-51-54-49(44)19-13-20-50(54)55-45(40-14-7-5-8-15-40)33-34-46(56(51)55)41-16-9-6-10-17-41/h5-36H,3-4H2,1-2H3. The van der Waals surface area contributed by atoms with Crippen molar-refractivity contribution in [3.63, 3.8) is 0 Å². The maximum atomic E-state index is 2.47. The van der Waals surface area contributed by atoms with Crippen LogP contribution in [0.25, 0.3) is 99.8 Å². The van der Waals surface area contributed by atoms with E-state index in [2.05, 4.69) is 208 Å². The molecule has 9 aromatic carbocycles. The zero-order valence-electron chi connectivity index (χ0n) is 32.4. The fourth-order valence-electron chi connectivity index (χ4n) is 10.3. The van der Waals surface area contributed by atoms with Gasteiger partial charge in [-0.1, -0.05) is 202 Å². The van der Waals surface area contributed by atoms with E-state index in [0.717, 1.165) is 12.8 Å². The molecule has 270 valence electrons. The van der Waals surface area contributed by atoms with Crippen LogP contribution in [0.2, 0.25) is 0 Å². The van der Waals surface area contributed by atoms with Gasteiger partial charge in [0.25, 0.3) is 0 Å². The van der Waals surface area contributed by atoms with Gasteiger partial charge in [0.15, 0.2) is 0 Å². The van der Waals surface area contributed by atoms with Crippen LogP contribution >= 0.6 is 0 Å². The summed E-state index contributed by atoms with van der Waals surface area (Å²) in [6.07, 6.45) is 2.20. The summed E-state index contributed by atoms with van der Waals surface area (Å²) in [5.41, 5.74) is 23.7. The molecule has 0 nitrogen and oxygen atoms in total. The van der Waals surface area contributed by atoms with Gasteiger partial charge in [0.05, 0.1) is 0 Å². The van der Waals surface area contributed by atoms with Crippen LogP contribution in [0, 0.1) is 0 Å². The lowest BCUT2D eigenvalue weighted by Crippen LogP contribution is -2.23. The van der Waals surface area contributed by atoms with Crippen molar-refractivity contribution in [3.8, 4) is 89.0 Å². The molecule has 0 fully saturated rings. The van der Waals surface area contributed by atoms with Crippen molar-refractivity contribution >= 4 is 10.8 Å². The highest BCUT2D eigenvalue weighted by atomic mass is 14.4. The van der Waals surface area contributed by atoms with Crippen LogP contribution in [0.4, 0.5) is 0 Å². The van der Waals surface area contributed by atoms with Crippen molar-refractivity contribution in [2.45, 2.75) is 32.1 Å². The summed E-state index contributed by atoms with van der Waals surface area (Å²) in [5.74, 6) is 0. The minimum absolute atomic E-state index is 0.0781. The van der Waals surface area contributed by atoms with E-state index >= 15 is 0 Å². The molecule has 9 aromatic rings. The molecule has 0 aromatic heterocycles. The summed E-state index contributed by atoms with van der Waals surface area (Å²) >= 11 is 0. The minimum Gasteiger partial charge on any atom is -0.0642 e. The van der Waals surface area contributed by atoms with Crippen molar-refractivity contribution in [1.29, 1.82) is 0 Å². The number of benzene rings is 9. The molecule has 0 spiro atoms. The lowest BCUT2D eigenvalue weighted by atomic mass is 9.73. The molecular weight excluding hydrogens is 685 g/mol. The smallest absolute Gasteiger partial charge is 0.0210 e. The second kappa shape index (κ2) is 13.2. The van der Waals surface area contributed by atoms with Crippen LogP contribution < -0.4 is 0 Å². The van der Waals surface area contributed by atoms with E-state index in [9.17, 15) is 0 Å². The number of rotatable bonds is 7. The molecule has 2 aliphatic rings. The van der Waals surface area contributed by atoms with E-state index in [1.807, 2.05) is 0 Å². The lowest BCUT2D eigenvalue weighted by Gasteiger charge is -2.30. The highest BCUT2D eigenvalue weighted by Crippen LogP contribution is 2.56. The van der Waals surface area contributed by atoms with Crippen LogP contribution in [-0.4, -0.2) is 0 Å². The third kappa shape index (κ3) is 5.07. The van der Waals surface area contributed by atoms with Crippen LogP contribution in [-0.2, 0) is 5.41 Å². The maximum Gasteiger partial charge on any atom is 0.0210 e. The molecule has 0 saturated heterocycles. The van der Waals surface area contributed by atoms with Gasteiger partial charge in [-0.05, 0) is 130 Å². The van der Waals surface area contributed by atoms with Gasteiger partial charge in [0.2, 0.25) is 0 Å². The summed E-state index contributed by atoms with van der Waals surface area (Å²) in [6, 6.07) is 72.4. The predicted molar refractivity (Wildman–Crippen MR) is 242 cm³/mol. The molecule has 0 amide bonds. The fourth-order valence-corrected chi connectivity index (χ4v) is 10.3. The molecule has 0 atom stereocenters. The van der Waals surface area contributed by atoms with Crippen LogP contribution in [0.3, 0.4) is 0 Å². The number of hydrogen-bond acceptors (Lipinski definition) is 0. The van der Waals surface area contributed by atoms with E-state index in [1.54, 1.807) is 0 Å². The Morgan fingerprint density at radius 2 is 0.719 bits per heavy atom. The van der Waals surface area contributed by atoms with Crippen molar-refractivity contribution in [2.24, 2.45) is 0 Å². The monoisotopic (exact) mass is 726 g/mol. The van der Waals surface area contributed by atoms with Gasteiger partial charge in [0, 0.05) is 5.41 Å². The second-order valence-corrected chi connectivity index (χ2v) is 15.8. The largest absolute Gasteiger partial charge is 0.0642 e. The predicted octanol–water partition coefficient (Wildman–Crippen LogP) is 15.9. The average molecular weight is 727 g/mol. The molecule has 57 heavy (non-hydrogen) atoms. The Labute approximate surface area is 335 Å². The first kappa shape index (κ1) is 33.6. The Kier molecular flexibility index (Phi) is 7.76. The molecule has 0 radical (unpaired) electrons. The van der Waals surface area contributed by atoms with Gasteiger partial charge in [-0.3, -0.25) is 0 Å². The zero-order valence-corrected chi connectivity index (χ0v) is 32.4. The van der Waals surface area contributed by atoms with Gasteiger partial charge in [-0.15, -0.1) is 0 Å². The van der Waals surface area contributed by atoms with Crippen LogP contribution in [0.1, 0.15) is 37.8 Å². The van der Waals surface area contributed by atoms with Crippen molar-refractivity contribution in [1.82, 2.24) is 0 Å². The molecule has 0 aliphatic heterocycles. The summed E-state index contributed by atoms with van der Waals surface area (Å²) in [7, 11) is 0. The zero-order chi connectivity index (χ0) is 38.1.